The SMILES string of the molecule is Cc1cc(C(=O)Cc2cccnc2)n(Cc2csc(N3CCCCC3)n2)c1. The first-order chi connectivity index (χ1) is 13.2. The first kappa shape index (κ1) is 17.9. The molecule has 4 rings (SSSR count). The van der Waals surface area contributed by atoms with Crippen LogP contribution in [-0.2, 0) is 13.0 Å². The summed E-state index contributed by atoms with van der Waals surface area (Å²) >= 11 is 1.71. The number of carbonyl (C=O) groups excluding carboxylic acids is 1. The van der Waals surface area contributed by atoms with Crippen molar-refractivity contribution in [2.24, 2.45) is 0 Å². The van der Waals surface area contributed by atoms with Crippen molar-refractivity contribution in [3.63, 3.8) is 0 Å². The van der Waals surface area contributed by atoms with Crippen molar-refractivity contribution in [1.82, 2.24) is 14.5 Å². The van der Waals surface area contributed by atoms with Crippen LogP contribution in [0.4, 0.5) is 5.13 Å². The Kier molecular flexibility index (Phi) is 5.34. The second-order valence-corrected chi connectivity index (χ2v) is 8.00. The maximum absolute atomic E-state index is 12.8. The van der Waals surface area contributed by atoms with E-state index in [9.17, 15) is 4.79 Å². The fourth-order valence-electron chi connectivity index (χ4n) is 3.58. The lowest BCUT2D eigenvalue weighted by Gasteiger charge is -2.25. The summed E-state index contributed by atoms with van der Waals surface area (Å²) in [7, 11) is 0. The largest absolute Gasteiger partial charge is 0.348 e. The summed E-state index contributed by atoms with van der Waals surface area (Å²) in [5, 5.41) is 3.23. The van der Waals surface area contributed by atoms with E-state index in [0.717, 1.165) is 40.7 Å². The van der Waals surface area contributed by atoms with Crippen LogP contribution >= 0.6 is 11.3 Å². The normalized spacial score (nSPS) is 14.5. The van der Waals surface area contributed by atoms with Crippen molar-refractivity contribution in [3.8, 4) is 0 Å². The minimum absolute atomic E-state index is 0.114. The molecular formula is C21H24N4OS. The zero-order valence-corrected chi connectivity index (χ0v) is 16.4. The van der Waals surface area contributed by atoms with Crippen LogP contribution in [0.15, 0.2) is 42.2 Å². The second-order valence-electron chi connectivity index (χ2n) is 7.16. The van der Waals surface area contributed by atoms with Gasteiger partial charge in [0.1, 0.15) is 0 Å². The standard InChI is InChI=1S/C21H24N4OS/c1-16-10-19(20(26)11-17-6-5-7-22-12-17)25(13-16)14-18-15-27-21(23-18)24-8-3-2-4-9-24/h5-7,10,12-13,15H,2-4,8-9,11,14H2,1H3. The van der Waals surface area contributed by atoms with Crippen molar-refractivity contribution in [2.45, 2.75) is 39.2 Å². The molecule has 3 aromatic heterocycles. The first-order valence-electron chi connectivity index (χ1n) is 9.47. The zero-order chi connectivity index (χ0) is 18.6. The lowest BCUT2D eigenvalue weighted by Crippen LogP contribution is -2.29. The van der Waals surface area contributed by atoms with Crippen LogP contribution in [0.25, 0.3) is 0 Å². The van der Waals surface area contributed by atoms with Crippen molar-refractivity contribution in [2.75, 3.05) is 18.0 Å². The molecule has 0 spiro atoms. The van der Waals surface area contributed by atoms with Crippen LogP contribution in [0.3, 0.4) is 0 Å². The highest BCUT2D eigenvalue weighted by molar-refractivity contribution is 7.13. The molecule has 3 aromatic rings. The van der Waals surface area contributed by atoms with Gasteiger partial charge in [-0.2, -0.15) is 0 Å². The molecule has 0 aliphatic carbocycles. The molecule has 0 atom stereocenters. The molecule has 0 aromatic carbocycles. The molecule has 1 fully saturated rings. The summed E-state index contributed by atoms with van der Waals surface area (Å²) in [4.78, 5) is 24.1. The average Bonchev–Trinajstić information content (AvgIpc) is 3.30. The van der Waals surface area contributed by atoms with Gasteiger partial charge in [-0.3, -0.25) is 9.78 Å². The third kappa shape index (κ3) is 4.27. The van der Waals surface area contributed by atoms with Gasteiger partial charge < -0.3 is 9.47 Å². The molecule has 0 bridgehead atoms. The van der Waals surface area contributed by atoms with Gasteiger partial charge in [-0.1, -0.05) is 6.07 Å². The molecule has 5 nitrogen and oxygen atoms in total. The molecule has 0 saturated carbocycles. The molecule has 0 radical (unpaired) electrons. The molecular weight excluding hydrogens is 356 g/mol. The summed E-state index contributed by atoms with van der Waals surface area (Å²) < 4.78 is 2.03. The predicted molar refractivity (Wildman–Crippen MR) is 109 cm³/mol. The number of nitrogens with zero attached hydrogens (tertiary/aromatic N) is 4. The molecule has 0 unspecified atom stereocenters. The van der Waals surface area contributed by atoms with Gasteiger partial charge in [0, 0.05) is 43.5 Å². The monoisotopic (exact) mass is 380 g/mol. The van der Waals surface area contributed by atoms with E-state index in [2.05, 4.69) is 15.3 Å². The van der Waals surface area contributed by atoms with Gasteiger partial charge in [-0.05, 0) is 49.4 Å². The fraction of sp³-hybridized carbons (Fsp3) is 0.381. The van der Waals surface area contributed by atoms with Crippen molar-refractivity contribution >= 4 is 22.3 Å². The highest BCUT2D eigenvalue weighted by Gasteiger charge is 2.17. The molecule has 1 aliphatic heterocycles. The van der Waals surface area contributed by atoms with E-state index >= 15 is 0 Å². The Morgan fingerprint density at radius 1 is 1.26 bits per heavy atom. The number of anilines is 1. The van der Waals surface area contributed by atoms with Crippen molar-refractivity contribution < 1.29 is 4.79 Å². The Labute approximate surface area is 163 Å². The van der Waals surface area contributed by atoms with Crippen LogP contribution in [0.1, 0.15) is 46.6 Å². The first-order valence-corrected chi connectivity index (χ1v) is 10.4. The van der Waals surface area contributed by atoms with Crippen molar-refractivity contribution in [1.29, 1.82) is 0 Å². The highest BCUT2D eigenvalue weighted by atomic mass is 32.1. The van der Waals surface area contributed by atoms with Gasteiger partial charge in [0.05, 0.1) is 17.9 Å². The third-order valence-corrected chi connectivity index (χ3v) is 5.86. The van der Waals surface area contributed by atoms with E-state index in [1.807, 2.05) is 35.9 Å². The minimum Gasteiger partial charge on any atom is -0.348 e. The average molecular weight is 381 g/mol. The highest BCUT2D eigenvalue weighted by Crippen LogP contribution is 2.25. The van der Waals surface area contributed by atoms with E-state index in [1.54, 1.807) is 23.7 Å². The van der Waals surface area contributed by atoms with Crippen LogP contribution in [0.5, 0.6) is 0 Å². The molecule has 0 N–H and O–H groups in total. The quantitative estimate of drug-likeness (QED) is 0.604. The summed E-state index contributed by atoms with van der Waals surface area (Å²) in [6, 6.07) is 5.78. The Hall–Kier alpha value is -2.47. The van der Waals surface area contributed by atoms with Crippen LogP contribution < -0.4 is 4.90 Å². The maximum Gasteiger partial charge on any atom is 0.185 e. The van der Waals surface area contributed by atoms with Gasteiger partial charge in [0.2, 0.25) is 0 Å². The van der Waals surface area contributed by atoms with Gasteiger partial charge in [0.25, 0.3) is 0 Å². The fourth-order valence-corrected chi connectivity index (χ4v) is 4.45. The molecule has 0 amide bonds. The van der Waals surface area contributed by atoms with Crippen LogP contribution in [0.2, 0.25) is 0 Å². The van der Waals surface area contributed by atoms with Crippen LogP contribution in [0, 0.1) is 6.92 Å². The molecule has 1 saturated heterocycles. The van der Waals surface area contributed by atoms with Crippen molar-refractivity contribution in [3.05, 3.63) is 64.7 Å². The van der Waals surface area contributed by atoms with E-state index in [1.165, 1.54) is 19.3 Å². The zero-order valence-electron chi connectivity index (χ0n) is 15.6. The molecule has 27 heavy (non-hydrogen) atoms. The minimum atomic E-state index is 0.114. The Balaban J connectivity index is 1.49. The molecule has 4 heterocycles. The Morgan fingerprint density at radius 3 is 2.89 bits per heavy atom. The number of aromatic nitrogens is 3. The van der Waals surface area contributed by atoms with Gasteiger partial charge in [-0.25, -0.2) is 4.98 Å². The van der Waals surface area contributed by atoms with Gasteiger partial charge >= 0.3 is 0 Å². The smallest absolute Gasteiger partial charge is 0.185 e. The summed E-state index contributed by atoms with van der Waals surface area (Å²) in [5.74, 6) is 0.114. The Morgan fingerprint density at radius 2 is 2.11 bits per heavy atom. The number of hydrogen-bond donors (Lipinski definition) is 0. The number of rotatable bonds is 6. The third-order valence-electron chi connectivity index (χ3n) is 4.91. The lowest BCUT2D eigenvalue weighted by atomic mass is 10.1. The number of aryl methyl sites for hydroxylation is 1. The summed E-state index contributed by atoms with van der Waals surface area (Å²) in [5.41, 5.74) is 3.79. The van der Waals surface area contributed by atoms with Gasteiger partial charge in [-0.15, -0.1) is 11.3 Å². The molecule has 1 aliphatic rings. The lowest BCUT2D eigenvalue weighted by molar-refractivity contribution is 0.0984. The van der Waals surface area contributed by atoms with E-state index in [4.69, 9.17) is 4.98 Å². The molecule has 140 valence electrons. The number of pyridine rings is 1. The Bertz CT molecular complexity index is 909. The number of Topliss-reactive ketones (excluding diaryl/α,β-unsaturated/α-hetero) is 1. The molecule has 6 heteroatoms. The van der Waals surface area contributed by atoms with Gasteiger partial charge in [0.15, 0.2) is 10.9 Å². The van der Waals surface area contributed by atoms with E-state index < -0.39 is 0 Å². The number of ketones is 1. The predicted octanol–water partition coefficient (Wildman–Crippen LogP) is 4.11. The maximum atomic E-state index is 12.8. The second kappa shape index (κ2) is 8.05. The topological polar surface area (TPSA) is 51.0 Å². The number of thiazole rings is 1. The van der Waals surface area contributed by atoms with E-state index in [-0.39, 0.29) is 5.78 Å². The number of hydrogen-bond acceptors (Lipinski definition) is 5. The summed E-state index contributed by atoms with van der Waals surface area (Å²) in [6.45, 7) is 4.86. The van der Waals surface area contributed by atoms with E-state index in [0.29, 0.717) is 13.0 Å². The number of piperidine rings is 1. The summed E-state index contributed by atoms with van der Waals surface area (Å²) in [6.07, 6.45) is 9.70. The number of carbonyl (C=O) groups is 1. The van der Waals surface area contributed by atoms with Crippen LogP contribution in [-0.4, -0.2) is 33.4 Å².